The lowest BCUT2D eigenvalue weighted by atomic mass is 10.1. The van der Waals surface area contributed by atoms with E-state index in [2.05, 4.69) is 15.9 Å². The molecule has 19 heavy (non-hydrogen) atoms. The summed E-state index contributed by atoms with van der Waals surface area (Å²) in [5, 5.41) is 9.73. The van der Waals surface area contributed by atoms with Crippen molar-refractivity contribution in [3.8, 4) is 5.75 Å². The molecule has 1 heterocycles. The minimum Gasteiger partial charge on any atom is -0.486 e. The van der Waals surface area contributed by atoms with Crippen molar-refractivity contribution in [2.75, 3.05) is 11.5 Å². The van der Waals surface area contributed by atoms with Gasteiger partial charge in [-0.3, -0.25) is 0 Å². The Hall–Kier alpha value is -0.630. The minimum atomic E-state index is -3.22. The molecule has 0 aliphatic carbocycles. The molecule has 0 spiro atoms. The van der Waals surface area contributed by atoms with Gasteiger partial charge in [0.2, 0.25) is 0 Å². The number of aliphatic hydroxyl groups is 1. The highest BCUT2D eigenvalue weighted by Crippen LogP contribution is 2.30. The number of rotatable bonds is 3. The van der Waals surface area contributed by atoms with Crippen LogP contribution in [0.2, 0.25) is 0 Å². The van der Waals surface area contributed by atoms with Crippen molar-refractivity contribution in [3.63, 3.8) is 0 Å². The lowest BCUT2D eigenvalue weighted by Crippen LogP contribution is -2.30. The van der Waals surface area contributed by atoms with Crippen LogP contribution >= 0.6 is 15.9 Å². The quantitative estimate of drug-likeness (QED) is 0.849. The van der Waals surface area contributed by atoms with E-state index in [0.717, 1.165) is 10.0 Å². The highest BCUT2D eigenvalue weighted by atomic mass is 79.9. The van der Waals surface area contributed by atoms with Gasteiger partial charge in [-0.2, -0.15) is 0 Å². The normalized spacial score (nSPS) is 27.2. The van der Waals surface area contributed by atoms with E-state index in [1.165, 1.54) is 0 Å². The first-order valence-corrected chi connectivity index (χ1v) is 8.50. The largest absolute Gasteiger partial charge is 0.486 e. The van der Waals surface area contributed by atoms with Gasteiger partial charge in [0, 0.05) is 16.1 Å². The number of hydrogen-bond acceptors (Lipinski definition) is 5. The molecule has 1 saturated heterocycles. The maximum atomic E-state index is 11.4. The van der Waals surface area contributed by atoms with Crippen LogP contribution in [0.15, 0.2) is 22.7 Å². The lowest BCUT2D eigenvalue weighted by Gasteiger charge is -2.20. The van der Waals surface area contributed by atoms with Crippen LogP contribution < -0.4 is 10.5 Å². The minimum absolute atomic E-state index is 0.164. The predicted molar refractivity (Wildman–Crippen MR) is 75.8 cm³/mol. The topological polar surface area (TPSA) is 89.6 Å². The Morgan fingerprint density at radius 3 is 2.68 bits per heavy atom. The van der Waals surface area contributed by atoms with Gasteiger partial charge in [-0.25, -0.2) is 8.42 Å². The molecule has 1 aliphatic heterocycles. The summed E-state index contributed by atoms with van der Waals surface area (Å²) in [6.45, 7) is 1.82. The summed E-state index contributed by atoms with van der Waals surface area (Å²) in [5.74, 6) is 0.101. The van der Waals surface area contributed by atoms with E-state index in [1.54, 1.807) is 12.1 Å². The van der Waals surface area contributed by atoms with Crippen molar-refractivity contribution in [3.05, 3.63) is 28.2 Å². The molecular weight excluding hydrogens is 334 g/mol. The van der Waals surface area contributed by atoms with Crippen LogP contribution in [-0.4, -0.2) is 37.2 Å². The molecule has 1 aromatic rings. The highest BCUT2D eigenvalue weighted by Gasteiger charge is 2.38. The van der Waals surface area contributed by atoms with E-state index >= 15 is 0 Å². The maximum Gasteiger partial charge on any atom is 0.156 e. The predicted octanol–water partition coefficient (Wildman–Crippen LogP) is 1.01. The molecule has 7 heteroatoms. The van der Waals surface area contributed by atoms with Crippen LogP contribution in [0.4, 0.5) is 0 Å². The van der Waals surface area contributed by atoms with Gasteiger partial charge in [0.15, 0.2) is 9.84 Å². The average molecular weight is 350 g/mol. The van der Waals surface area contributed by atoms with Crippen molar-refractivity contribution in [2.45, 2.75) is 25.2 Å². The Morgan fingerprint density at radius 1 is 1.47 bits per heavy atom. The molecule has 3 atom stereocenters. The molecule has 1 aromatic carbocycles. The molecule has 5 nitrogen and oxygen atoms in total. The fourth-order valence-corrected chi connectivity index (χ4v) is 4.10. The number of sulfone groups is 1. The van der Waals surface area contributed by atoms with E-state index in [1.807, 2.05) is 13.0 Å². The van der Waals surface area contributed by atoms with Crippen molar-refractivity contribution in [1.29, 1.82) is 0 Å². The Bertz CT molecular complexity index is 573. The molecule has 2 unspecified atom stereocenters. The third kappa shape index (κ3) is 3.47. The molecule has 106 valence electrons. The van der Waals surface area contributed by atoms with E-state index in [4.69, 9.17) is 10.5 Å². The molecule has 0 saturated carbocycles. The first-order chi connectivity index (χ1) is 8.78. The summed E-state index contributed by atoms with van der Waals surface area (Å²) in [6, 6.07) is 5.09. The van der Waals surface area contributed by atoms with Crippen LogP contribution in [0.25, 0.3) is 0 Å². The number of aliphatic hydroxyl groups excluding tert-OH is 1. The zero-order chi connectivity index (χ0) is 14.2. The summed E-state index contributed by atoms with van der Waals surface area (Å²) in [4.78, 5) is 0. The van der Waals surface area contributed by atoms with E-state index in [9.17, 15) is 13.5 Å². The summed E-state index contributed by atoms with van der Waals surface area (Å²) in [5.41, 5.74) is 6.63. The van der Waals surface area contributed by atoms with Crippen molar-refractivity contribution in [2.24, 2.45) is 5.73 Å². The summed E-state index contributed by atoms with van der Waals surface area (Å²) < 4.78 is 29.4. The Labute approximate surface area is 120 Å². The van der Waals surface area contributed by atoms with Gasteiger partial charge in [0.05, 0.1) is 11.5 Å². The first-order valence-electron chi connectivity index (χ1n) is 5.88. The SMILES string of the molecule is C[C@@H](N)c1cc(Br)ccc1OC1CS(=O)(=O)CC1O. The van der Waals surface area contributed by atoms with Gasteiger partial charge in [-0.05, 0) is 25.1 Å². The van der Waals surface area contributed by atoms with Gasteiger partial charge in [-0.15, -0.1) is 0 Å². The second-order valence-corrected chi connectivity index (χ2v) is 7.84. The Morgan fingerprint density at radius 2 is 2.16 bits per heavy atom. The molecule has 3 N–H and O–H groups in total. The Balaban J connectivity index is 2.25. The third-order valence-corrected chi connectivity index (χ3v) is 5.19. The van der Waals surface area contributed by atoms with Crippen molar-refractivity contribution < 1.29 is 18.3 Å². The molecular formula is C12H16BrNO4S. The summed E-state index contributed by atoms with van der Waals surface area (Å²) >= 11 is 3.35. The van der Waals surface area contributed by atoms with Gasteiger partial charge < -0.3 is 15.6 Å². The number of ether oxygens (including phenoxy) is 1. The second-order valence-electron chi connectivity index (χ2n) is 4.77. The van der Waals surface area contributed by atoms with Gasteiger partial charge in [0.1, 0.15) is 18.0 Å². The van der Waals surface area contributed by atoms with E-state index < -0.39 is 22.0 Å². The highest BCUT2D eigenvalue weighted by molar-refractivity contribution is 9.10. The smallest absolute Gasteiger partial charge is 0.156 e. The monoisotopic (exact) mass is 349 g/mol. The fourth-order valence-electron chi connectivity index (χ4n) is 2.06. The molecule has 1 aliphatic rings. The molecule has 2 rings (SSSR count). The van der Waals surface area contributed by atoms with E-state index in [0.29, 0.717) is 5.75 Å². The average Bonchev–Trinajstić information content (AvgIpc) is 2.54. The summed E-state index contributed by atoms with van der Waals surface area (Å²) in [6.07, 6.45) is -1.72. The molecule has 0 amide bonds. The van der Waals surface area contributed by atoms with Crippen LogP contribution in [0.3, 0.4) is 0 Å². The zero-order valence-corrected chi connectivity index (χ0v) is 12.8. The van der Waals surface area contributed by atoms with E-state index in [-0.39, 0.29) is 17.5 Å². The maximum absolute atomic E-state index is 11.4. The van der Waals surface area contributed by atoms with Gasteiger partial charge in [0.25, 0.3) is 0 Å². The van der Waals surface area contributed by atoms with Crippen LogP contribution in [0.5, 0.6) is 5.75 Å². The van der Waals surface area contributed by atoms with Crippen molar-refractivity contribution >= 4 is 25.8 Å². The molecule has 0 aromatic heterocycles. The van der Waals surface area contributed by atoms with Crippen LogP contribution in [-0.2, 0) is 9.84 Å². The Kier molecular flexibility index (Phi) is 4.20. The summed E-state index contributed by atoms with van der Waals surface area (Å²) in [7, 11) is -3.22. The number of nitrogens with two attached hydrogens (primary N) is 1. The third-order valence-electron chi connectivity index (χ3n) is 3.01. The number of hydrogen-bond donors (Lipinski definition) is 2. The van der Waals surface area contributed by atoms with Gasteiger partial charge in [-0.1, -0.05) is 15.9 Å². The fraction of sp³-hybridized carbons (Fsp3) is 0.500. The number of benzene rings is 1. The number of halogens is 1. The van der Waals surface area contributed by atoms with Crippen LogP contribution in [0.1, 0.15) is 18.5 Å². The standard InChI is InChI=1S/C12H16BrNO4S/c1-7(14)9-4-8(13)2-3-11(9)18-12-6-19(16,17)5-10(12)15/h2-4,7,10,12,15H,5-6,14H2,1H3/t7-,10?,12?/m1/s1. The van der Waals surface area contributed by atoms with Crippen LogP contribution in [0, 0.1) is 0 Å². The van der Waals surface area contributed by atoms with Crippen molar-refractivity contribution in [1.82, 2.24) is 0 Å². The second kappa shape index (κ2) is 5.40. The first kappa shape index (κ1) is 14.8. The molecule has 0 bridgehead atoms. The molecule has 0 radical (unpaired) electrons. The zero-order valence-electron chi connectivity index (χ0n) is 10.4. The lowest BCUT2D eigenvalue weighted by molar-refractivity contribution is 0.0729. The molecule has 1 fully saturated rings. The van der Waals surface area contributed by atoms with Gasteiger partial charge >= 0.3 is 0 Å².